The standard InChI is InChI=1S/C19H21NO5/c1-24-16-7-8-17(25-2)15(11-16)12-18(21)20-10-9-13-3-5-14(6-4-13)19(22)23/h3-8,11H,9-10,12H2,1-2H3,(H,20,21)(H,22,23). The highest BCUT2D eigenvalue weighted by Gasteiger charge is 2.10. The van der Waals surface area contributed by atoms with Crippen LogP contribution in [0.25, 0.3) is 0 Å². The number of carbonyl (C=O) groups is 2. The Morgan fingerprint density at radius 3 is 2.36 bits per heavy atom. The molecule has 2 aromatic carbocycles. The maximum absolute atomic E-state index is 12.1. The molecule has 0 radical (unpaired) electrons. The fraction of sp³-hybridized carbons (Fsp3) is 0.263. The van der Waals surface area contributed by atoms with Gasteiger partial charge in [0.2, 0.25) is 5.91 Å². The van der Waals surface area contributed by atoms with Crippen molar-refractivity contribution in [2.24, 2.45) is 0 Å². The molecule has 0 bridgehead atoms. The van der Waals surface area contributed by atoms with Crippen LogP contribution < -0.4 is 14.8 Å². The molecule has 0 atom stereocenters. The van der Waals surface area contributed by atoms with Crippen LogP contribution in [0.1, 0.15) is 21.5 Å². The van der Waals surface area contributed by atoms with E-state index in [1.807, 2.05) is 0 Å². The Hall–Kier alpha value is -3.02. The van der Waals surface area contributed by atoms with Crippen molar-refractivity contribution in [3.05, 3.63) is 59.2 Å². The van der Waals surface area contributed by atoms with Crippen LogP contribution >= 0.6 is 0 Å². The minimum atomic E-state index is -0.952. The van der Waals surface area contributed by atoms with E-state index in [1.54, 1.807) is 56.7 Å². The van der Waals surface area contributed by atoms with Crippen molar-refractivity contribution in [1.29, 1.82) is 0 Å². The van der Waals surface area contributed by atoms with Crippen LogP contribution in [0.15, 0.2) is 42.5 Å². The van der Waals surface area contributed by atoms with Crippen LogP contribution in [0.2, 0.25) is 0 Å². The van der Waals surface area contributed by atoms with E-state index in [9.17, 15) is 9.59 Å². The fourth-order valence-corrected chi connectivity index (χ4v) is 2.42. The lowest BCUT2D eigenvalue weighted by Crippen LogP contribution is -2.27. The number of ether oxygens (including phenoxy) is 2. The van der Waals surface area contributed by atoms with Crippen LogP contribution in [0.5, 0.6) is 11.5 Å². The zero-order chi connectivity index (χ0) is 18.2. The molecule has 0 heterocycles. The summed E-state index contributed by atoms with van der Waals surface area (Å²) in [4.78, 5) is 22.9. The van der Waals surface area contributed by atoms with Crippen LogP contribution in [0, 0.1) is 0 Å². The Morgan fingerprint density at radius 1 is 1.04 bits per heavy atom. The Labute approximate surface area is 146 Å². The number of hydrogen-bond acceptors (Lipinski definition) is 4. The van der Waals surface area contributed by atoms with Crippen LogP contribution in [0.3, 0.4) is 0 Å². The van der Waals surface area contributed by atoms with Crippen molar-refractivity contribution in [1.82, 2.24) is 5.32 Å². The number of carboxylic acids is 1. The van der Waals surface area contributed by atoms with Crippen molar-refractivity contribution in [2.45, 2.75) is 12.8 Å². The van der Waals surface area contributed by atoms with E-state index < -0.39 is 5.97 Å². The molecule has 0 saturated heterocycles. The maximum Gasteiger partial charge on any atom is 0.335 e. The Bertz CT molecular complexity index is 740. The number of rotatable bonds is 8. The molecule has 0 fully saturated rings. The average Bonchev–Trinajstić information content (AvgIpc) is 2.62. The SMILES string of the molecule is COc1ccc(OC)c(CC(=O)NCCc2ccc(C(=O)O)cc2)c1. The lowest BCUT2D eigenvalue weighted by molar-refractivity contribution is -0.120. The number of nitrogens with one attached hydrogen (secondary N) is 1. The van der Waals surface area contributed by atoms with Gasteiger partial charge >= 0.3 is 5.97 Å². The third kappa shape index (κ3) is 5.24. The minimum absolute atomic E-state index is 0.117. The Morgan fingerprint density at radius 2 is 1.76 bits per heavy atom. The largest absolute Gasteiger partial charge is 0.497 e. The highest BCUT2D eigenvalue weighted by molar-refractivity contribution is 5.87. The molecule has 6 heteroatoms. The summed E-state index contributed by atoms with van der Waals surface area (Å²) in [7, 11) is 3.13. The monoisotopic (exact) mass is 343 g/mol. The Balaban J connectivity index is 1.87. The summed E-state index contributed by atoms with van der Waals surface area (Å²) in [6.45, 7) is 0.470. The molecule has 2 rings (SSSR count). The summed E-state index contributed by atoms with van der Waals surface area (Å²) < 4.78 is 10.4. The Kier molecular flexibility index (Phi) is 6.39. The molecule has 0 aromatic heterocycles. The molecule has 0 aliphatic carbocycles. The second kappa shape index (κ2) is 8.73. The van der Waals surface area contributed by atoms with Gasteiger partial charge in [0.1, 0.15) is 11.5 Å². The first-order valence-electron chi connectivity index (χ1n) is 7.83. The zero-order valence-corrected chi connectivity index (χ0v) is 14.2. The van der Waals surface area contributed by atoms with Gasteiger partial charge in [-0.1, -0.05) is 12.1 Å². The number of amides is 1. The molecule has 2 N–H and O–H groups in total. The highest BCUT2D eigenvalue weighted by Crippen LogP contribution is 2.24. The van der Waals surface area contributed by atoms with Gasteiger partial charge in [-0.05, 0) is 42.3 Å². The summed E-state index contributed by atoms with van der Waals surface area (Å²) in [5.41, 5.74) is 1.97. The molecule has 25 heavy (non-hydrogen) atoms. The van der Waals surface area contributed by atoms with E-state index in [4.69, 9.17) is 14.6 Å². The normalized spacial score (nSPS) is 10.2. The van der Waals surface area contributed by atoms with Crippen molar-refractivity contribution < 1.29 is 24.2 Å². The molecular weight excluding hydrogens is 322 g/mol. The van der Waals surface area contributed by atoms with Gasteiger partial charge in [0.15, 0.2) is 0 Å². The van der Waals surface area contributed by atoms with E-state index >= 15 is 0 Å². The lowest BCUT2D eigenvalue weighted by atomic mass is 10.1. The average molecular weight is 343 g/mol. The summed E-state index contributed by atoms with van der Waals surface area (Å²) in [6, 6.07) is 11.9. The lowest BCUT2D eigenvalue weighted by Gasteiger charge is -2.11. The first kappa shape index (κ1) is 18.3. The summed E-state index contributed by atoms with van der Waals surface area (Å²) in [6.07, 6.45) is 0.819. The number of methoxy groups -OCH3 is 2. The van der Waals surface area contributed by atoms with Gasteiger partial charge < -0.3 is 19.9 Å². The van der Waals surface area contributed by atoms with E-state index in [0.29, 0.717) is 24.5 Å². The zero-order valence-electron chi connectivity index (χ0n) is 14.2. The minimum Gasteiger partial charge on any atom is -0.497 e. The third-order valence-corrected chi connectivity index (χ3v) is 3.78. The van der Waals surface area contributed by atoms with Crippen LogP contribution in [-0.2, 0) is 17.6 Å². The smallest absolute Gasteiger partial charge is 0.335 e. The molecule has 1 amide bonds. The first-order chi connectivity index (χ1) is 12.0. The highest BCUT2D eigenvalue weighted by atomic mass is 16.5. The van der Waals surface area contributed by atoms with Crippen molar-refractivity contribution >= 4 is 11.9 Å². The van der Waals surface area contributed by atoms with Gasteiger partial charge in [-0.2, -0.15) is 0 Å². The number of benzene rings is 2. The van der Waals surface area contributed by atoms with Crippen LogP contribution in [0.4, 0.5) is 0 Å². The molecule has 6 nitrogen and oxygen atoms in total. The summed E-state index contributed by atoms with van der Waals surface area (Å²) >= 11 is 0. The molecular formula is C19H21NO5. The van der Waals surface area contributed by atoms with Crippen molar-refractivity contribution in [2.75, 3.05) is 20.8 Å². The van der Waals surface area contributed by atoms with Gasteiger partial charge in [-0.3, -0.25) is 4.79 Å². The van der Waals surface area contributed by atoms with Crippen molar-refractivity contribution in [3.8, 4) is 11.5 Å². The molecule has 132 valence electrons. The second-order valence-electron chi connectivity index (χ2n) is 5.46. The molecule has 2 aromatic rings. The summed E-state index contributed by atoms with van der Waals surface area (Å²) in [5, 5.41) is 11.7. The van der Waals surface area contributed by atoms with Crippen LogP contribution in [-0.4, -0.2) is 37.7 Å². The quantitative estimate of drug-likeness (QED) is 0.768. The first-order valence-corrected chi connectivity index (χ1v) is 7.83. The maximum atomic E-state index is 12.1. The number of carboxylic acid groups (broad SMARTS) is 1. The van der Waals surface area contributed by atoms with E-state index in [-0.39, 0.29) is 17.9 Å². The van der Waals surface area contributed by atoms with E-state index in [1.165, 1.54) is 0 Å². The molecule has 0 saturated carbocycles. The molecule has 0 unspecified atom stereocenters. The van der Waals surface area contributed by atoms with E-state index in [2.05, 4.69) is 5.32 Å². The topological polar surface area (TPSA) is 84.9 Å². The van der Waals surface area contributed by atoms with Gasteiger partial charge in [-0.15, -0.1) is 0 Å². The fourth-order valence-electron chi connectivity index (χ4n) is 2.42. The van der Waals surface area contributed by atoms with Gasteiger partial charge in [0.05, 0.1) is 26.2 Å². The van der Waals surface area contributed by atoms with Crippen molar-refractivity contribution in [3.63, 3.8) is 0 Å². The second-order valence-corrected chi connectivity index (χ2v) is 5.46. The molecule has 0 spiro atoms. The predicted octanol–water partition coefficient (Wildman–Crippen LogP) is 2.30. The van der Waals surface area contributed by atoms with Gasteiger partial charge in [0.25, 0.3) is 0 Å². The van der Waals surface area contributed by atoms with E-state index in [0.717, 1.165) is 11.1 Å². The molecule has 0 aliphatic rings. The predicted molar refractivity (Wildman–Crippen MR) is 93.4 cm³/mol. The number of aromatic carboxylic acids is 1. The van der Waals surface area contributed by atoms with Gasteiger partial charge in [-0.25, -0.2) is 4.79 Å². The molecule has 0 aliphatic heterocycles. The number of hydrogen-bond donors (Lipinski definition) is 2. The summed E-state index contributed by atoms with van der Waals surface area (Å²) in [5.74, 6) is 0.239. The van der Waals surface area contributed by atoms with Gasteiger partial charge in [0, 0.05) is 12.1 Å². The number of carbonyl (C=O) groups excluding carboxylic acids is 1. The third-order valence-electron chi connectivity index (χ3n) is 3.78.